The first-order valence-corrected chi connectivity index (χ1v) is 14.5. The van der Waals surface area contributed by atoms with Crippen LogP contribution in [-0.4, -0.2) is 53.1 Å². The molecule has 0 spiro atoms. The Balaban J connectivity index is 1.76. The average Bonchev–Trinajstić information content (AvgIpc) is 2.89. The van der Waals surface area contributed by atoms with E-state index >= 15 is 0 Å². The Morgan fingerprint density at radius 2 is 1.68 bits per heavy atom. The second-order valence-electron chi connectivity index (χ2n) is 10.8. The number of methoxy groups -OCH3 is 1. The summed E-state index contributed by atoms with van der Waals surface area (Å²) < 4.78 is 10.6. The maximum atomic E-state index is 13.0. The summed E-state index contributed by atoms with van der Waals surface area (Å²) in [5.74, 6) is -0.347. The minimum Gasteiger partial charge on any atom is -0.465 e. The van der Waals surface area contributed by atoms with Gasteiger partial charge >= 0.3 is 12.1 Å². The predicted molar refractivity (Wildman–Crippen MR) is 162 cm³/mol. The molecule has 3 aromatic rings. The number of thioether (sulfide) groups is 1. The fourth-order valence-electron chi connectivity index (χ4n) is 4.07. The molecule has 40 heavy (non-hydrogen) atoms. The highest BCUT2D eigenvalue weighted by Gasteiger charge is 2.25. The molecule has 214 valence electrons. The van der Waals surface area contributed by atoms with Gasteiger partial charge in [0.25, 0.3) is 0 Å². The Morgan fingerprint density at radius 3 is 2.27 bits per heavy atom. The average molecular weight is 584 g/mol. The fraction of sp³-hybridized carbons (Fsp3) is 0.375. The van der Waals surface area contributed by atoms with E-state index in [1.54, 1.807) is 36.0 Å². The SMILES string of the molecule is COC(=O)c1ccc(-c2ccc(CCN(C[C@H](O)c3cccc(Cl)c3)C(=O)OC(C)(C)C)cc2)cc1SC(C)C. The van der Waals surface area contributed by atoms with Gasteiger partial charge in [0.15, 0.2) is 0 Å². The van der Waals surface area contributed by atoms with Crippen LogP contribution in [0.3, 0.4) is 0 Å². The third-order valence-corrected chi connectivity index (χ3v) is 7.28. The van der Waals surface area contributed by atoms with E-state index in [4.69, 9.17) is 21.1 Å². The van der Waals surface area contributed by atoms with Crippen LogP contribution in [0.1, 0.15) is 62.2 Å². The van der Waals surface area contributed by atoms with Crippen LogP contribution in [0.25, 0.3) is 11.1 Å². The summed E-state index contributed by atoms with van der Waals surface area (Å²) in [5, 5.41) is 11.7. The van der Waals surface area contributed by atoms with Crippen molar-refractivity contribution in [2.24, 2.45) is 0 Å². The van der Waals surface area contributed by atoms with Gasteiger partial charge in [-0.15, -0.1) is 11.8 Å². The Hall–Kier alpha value is -3.00. The molecule has 1 N–H and O–H groups in total. The second kappa shape index (κ2) is 14.1. The Labute approximate surface area is 246 Å². The highest BCUT2D eigenvalue weighted by Crippen LogP contribution is 2.32. The quantitative estimate of drug-likeness (QED) is 0.194. The largest absolute Gasteiger partial charge is 0.465 e. The van der Waals surface area contributed by atoms with Crippen molar-refractivity contribution < 1.29 is 24.2 Å². The molecule has 3 aromatic carbocycles. The number of halogens is 1. The van der Waals surface area contributed by atoms with Gasteiger partial charge in [0.05, 0.1) is 25.3 Å². The zero-order valence-corrected chi connectivity index (χ0v) is 25.5. The molecule has 0 aliphatic rings. The molecule has 0 bridgehead atoms. The fourth-order valence-corrected chi connectivity index (χ4v) is 5.25. The number of rotatable bonds is 10. The third-order valence-electron chi connectivity index (χ3n) is 5.99. The van der Waals surface area contributed by atoms with Crippen LogP contribution in [-0.2, 0) is 15.9 Å². The highest BCUT2D eigenvalue weighted by molar-refractivity contribution is 8.00. The van der Waals surface area contributed by atoms with Crippen LogP contribution in [0.2, 0.25) is 5.02 Å². The summed E-state index contributed by atoms with van der Waals surface area (Å²) in [5.41, 5.74) is 3.60. The second-order valence-corrected chi connectivity index (χ2v) is 12.9. The van der Waals surface area contributed by atoms with E-state index in [2.05, 4.69) is 13.8 Å². The Bertz CT molecular complexity index is 1300. The molecule has 8 heteroatoms. The van der Waals surface area contributed by atoms with Gasteiger partial charge in [0.1, 0.15) is 5.60 Å². The van der Waals surface area contributed by atoms with E-state index in [9.17, 15) is 14.7 Å². The van der Waals surface area contributed by atoms with E-state index in [0.717, 1.165) is 21.6 Å². The Kier molecular flexibility index (Phi) is 11.1. The third kappa shape index (κ3) is 9.29. The van der Waals surface area contributed by atoms with Gasteiger partial charge in [-0.05, 0) is 73.7 Å². The summed E-state index contributed by atoms with van der Waals surface area (Å²) in [7, 11) is 1.39. The van der Waals surface area contributed by atoms with Crippen molar-refractivity contribution in [3.05, 3.63) is 88.4 Å². The molecule has 0 fully saturated rings. The van der Waals surface area contributed by atoms with Crippen molar-refractivity contribution in [2.75, 3.05) is 20.2 Å². The van der Waals surface area contributed by atoms with Crippen molar-refractivity contribution >= 4 is 35.4 Å². The molecule has 3 rings (SSSR count). The van der Waals surface area contributed by atoms with Crippen molar-refractivity contribution in [1.82, 2.24) is 4.90 Å². The van der Waals surface area contributed by atoms with Crippen LogP contribution < -0.4 is 0 Å². The number of hydrogen-bond donors (Lipinski definition) is 1. The van der Waals surface area contributed by atoms with Gasteiger partial charge in [0, 0.05) is 21.7 Å². The van der Waals surface area contributed by atoms with Crippen LogP contribution in [0.4, 0.5) is 4.79 Å². The predicted octanol–water partition coefficient (Wildman–Crippen LogP) is 7.81. The van der Waals surface area contributed by atoms with Gasteiger partial charge in [-0.25, -0.2) is 9.59 Å². The number of carbonyl (C=O) groups is 2. The highest BCUT2D eigenvalue weighted by atomic mass is 35.5. The first kappa shape index (κ1) is 31.5. The van der Waals surface area contributed by atoms with Crippen molar-refractivity contribution in [1.29, 1.82) is 0 Å². The van der Waals surface area contributed by atoms with Crippen LogP contribution in [0.15, 0.2) is 71.6 Å². The number of benzene rings is 3. The molecule has 0 saturated carbocycles. The molecule has 0 heterocycles. The molecular weight excluding hydrogens is 546 g/mol. The maximum Gasteiger partial charge on any atom is 0.410 e. The monoisotopic (exact) mass is 583 g/mol. The van der Waals surface area contributed by atoms with Crippen LogP contribution in [0.5, 0.6) is 0 Å². The molecule has 1 amide bonds. The summed E-state index contributed by atoms with van der Waals surface area (Å²) in [6, 6.07) is 20.9. The molecule has 0 aromatic heterocycles. The van der Waals surface area contributed by atoms with Crippen molar-refractivity contribution in [2.45, 2.75) is 62.9 Å². The van der Waals surface area contributed by atoms with E-state index < -0.39 is 17.8 Å². The first-order chi connectivity index (χ1) is 18.9. The number of hydrogen-bond acceptors (Lipinski definition) is 6. The lowest BCUT2D eigenvalue weighted by Crippen LogP contribution is -2.40. The number of amides is 1. The van der Waals surface area contributed by atoms with Crippen molar-refractivity contribution in [3.8, 4) is 11.1 Å². The van der Waals surface area contributed by atoms with Crippen LogP contribution >= 0.6 is 23.4 Å². The minimum absolute atomic E-state index is 0.0795. The number of esters is 1. The molecule has 0 aliphatic heterocycles. The normalized spacial score (nSPS) is 12.2. The smallest absolute Gasteiger partial charge is 0.410 e. The number of nitrogens with zero attached hydrogens (tertiary/aromatic N) is 1. The van der Waals surface area contributed by atoms with Crippen molar-refractivity contribution in [3.63, 3.8) is 0 Å². The summed E-state index contributed by atoms with van der Waals surface area (Å²) in [6.07, 6.45) is -0.803. The molecule has 0 aliphatic carbocycles. The summed E-state index contributed by atoms with van der Waals surface area (Å²) >= 11 is 7.72. The van der Waals surface area contributed by atoms with Gasteiger partial charge < -0.3 is 19.5 Å². The molecule has 6 nitrogen and oxygen atoms in total. The zero-order chi connectivity index (χ0) is 29.4. The van der Waals surface area contributed by atoms with Gasteiger partial charge in [-0.1, -0.05) is 67.9 Å². The van der Waals surface area contributed by atoms with E-state index in [0.29, 0.717) is 34.4 Å². The lowest BCUT2D eigenvalue weighted by molar-refractivity contribution is 0.0147. The number of aliphatic hydroxyl groups is 1. The van der Waals surface area contributed by atoms with E-state index in [1.807, 2.05) is 63.2 Å². The first-order valence-electron chi connectivity index (χ1n) is 13.3. The molecule has 0 saturated heterocycles. The number of carbonyl (C=O) groups excluding carboxylic acids is 2. The summed E-state index contributed by atoms with van der Waals surface area (Å²) in [4.78, 5) is 27.6. The van der Waals surface area contributed by atoms with Gasteiger partial charge in [0.2, 0.25) is 0 Å². The zero-order valence-electron chi connectivity index (χ0n) is 23.9. The van der Waals surface area contributed by atoms with Gasteiger partial charge in [-0.3, -0.25) is 0 Å². The number of ether oxygens (including phenoxy) is 2. The summed E-state index contributed by atoms with van der Waals surface area (Å²) in [6.45, 7) is 10.1. The van der Waals surface area contributed by atoms with Crippen LogP contribution in [0, 0.1) is 0 Å². The maximum absolute atomic E-state index is 13.0. The number of aliphatic hydroxyl groups excluding tert-OH is 1. The molecule has 0 unspecified atom stereocenters. The van der Waals surface area contributed by atoms with E-state index in [1.165, 1.54) is 12.0 Å². The van der Waals surface area contributed by atoms with E-state index in [-0.39, 0.29) is 12.5 Å². The lowest BCUT2D eigenvalue weighted by atomic mass is 10.0. The lowest BCUT2D eigenvalue weighted by Gasteiger charge is -2.29. The molecular formula is C32H38ClNO5S. The topological polar surface area (TPSA) is 76.1 Å². The standard InChI is InChI=1S/C32H38ClNO5S/c1-21(2)40-29-19-24(14-15-27(29)30(36)38-6)23-12-10-22(11-13-23)16-17-34(31(37)39-32(3,4)5)20-28(35)25-8-7-9-26(33)18-25/h7-15,18-19,21,28,35H,16-17,20H2,1-6H3/t28-/m0/s1. The van der Waals surface area contributed by atoms with Gasteiger partial charge in [-0.2, -0.15) is 0 Å². The molecule has 0 radical (unpaired) electrons. The molecule has 1 atom stereocenters. The Morgan fingerprint density at radius 1 is 1.00 bits per heavy atom. The minimum atomic E-state index is -0.903.